The first-order valence-electron chi connectivity index (χ1n) is 24.8. The summed E-state index contributed by atoms with van der Waals surface area (Å²) >= 11 is 0.955. The highest BCUT2D eigenvalue weighted by Gasteiger charge is 2.51. The van der Waals surface area contributed by atoms with Gasteiger partial charge in [-0.1, -0.05) is 70.7 Å². The second-order valence-electron chi connectivity index (χ2n) is 20.6. The molecule has 77 heavy (non-hydrogen) atoms. The number of hydrogen-bond donors (Lipinski definition) is 10. The number of ether oxygens (including phenoxy) is 2. The highest BCUT2D eigenvalue weighted by Crippen LogP contribution is 2.61. The molecule has 0 saturated carbocycles. The number of fused-ring (bicyclic) bond motifs is 2. The molecule has 31 heteroatoms. The van der Waals surface area contributed by atoms with E-state index >= 15 is 0 Å². The second kappa shape index (κ2) is 27.1. The summed E-state index contributed by atoms with van der Waals surface area (Å²) in [6.45, 7) is 10.3. The molecule has 27 nitrogen and oxygen atoms in total. The highest BCUT2D eigenvalue weighted by molar-refractivity contribution is 8.14. The highest BCUT2D eigenvalue weighted by atomic mass is 32.2. The molecule has 3 heterocycles. The van der Waals surface area contributed by atoms with Crippen molar-refractivity contribution in [3.05, 3.63) is 48.6 Å². The van der Waals surface area contributed by atoms with E-state index < -0.39 is 96.1 Å². The van der Waals surface area contributed by atoms with Crippen LogP contribution in [-0.2, 0) is 60.2 Å². The van der Waals surface area contributed by atoms with Crippen molar-refractivity contribution in [3.63, 3.8) is 0 Å². The summed E-state index contributed by atoms with van der Waals surface area (Å²) < 4.78 is 68.8. The maximum atomic E-state index is 13.1. The van der Waals surface area contributed by atoms with Gasteiger partial charge >= 0.3 is 29.4 Å². The predicted molar refractivity (Wildman–Crippen MR) is 277 cm³/mol. The number of phosphoric ester groups is 3. The lowest BCUT2D eigenvalue weighted by atomic mass is 9.65. The number of carbonyl (C=O) groups excluding carboxylic acids is 4. The number of nitrogens with one attached hydrogen (secondary N) is 2. The molecule has 0 spiro atoms. The third-order valence-electron chi connectivity index (χ3n) is 13.5. The van der Waals surface area contributed by atoms with E-state index in [0.717, 1.165) is 35.4 Å². The zero-order chi connectivity index (χ0) is 57.3. The number of thioether (sulfide) groups is 1. The van der Waals surface area contributed by atoms with Crippen LogP contribution in [-0.4, -0.2) is 146 Å². The molecular weight excluding hydrogens is 1100 g/mol. The molecule has 1 aliphatic heterocycles. The quantitative estimate of drug-likeness (QED) is 0.0252. The summed E-state index contributed by atoms with van der Waals surface area (Å²) in [5.74, 6) is -0.858. The smallest absolute Gasteiger partial charge is 0.461 e. The predicted octanol–water partition coefficient (Wildman–Crippen LogP) is 3.50. The van der Waals surface area contributed by atoms with Gasteiger partial charge in [0.2, 0.25) is 16.9 Å². The number of carbonyl (C=O) groups is 4. The average molecular weight is 1170 g/mol. The lowest BCUT2D eigenvalue weighted by molar-refractivity contribution is -0.164. The molecule has 1 fully saturated rings. The normalized spacial score (nSPS) is 26.3. The van der Waals surface area contributed by atoms with Crippen molar-refractivity contribution >= 4 is 75.1 Å². The molecule has 432 valence electrons. The summed E-state index contributed by atoms with van der Waals surface area (Å²) in [6, 6.07) is 0. The van der Waals surface area contributed by atoms with Crippen molar-refractivity contribution in [1.29, 1.82) is 0 Å². The molecule has 5 rings (SSSR count). The summed E-state index contributed by atoms with van der Waals surface area (Å²) in [4.78, 5) is 102. The van der Waals surface area contributed by atoms with E-state index in [1.165, 1.54) is 25.5 Å². The zero-order valence-electron chi connectivity index (χ0n) is 43.7. The molecule has 2 aliphatic carbocycles. The lowest BCUT2D eigenvalue weighted by Crippen LogP contribution is -2.46. The van der Waals surface area contributed by atoms with Crippen molar-refractivity contribution < 1.29 is 95.1 Å². The molecule has 1 saturated heterocycles. The number of nitrogen functional groups attached to an aromatic ring is 1. The molecule has 0 bridgehead atoms. The molecule has 13 atom stereocenters. The number of aromatic nitrogens is 4. The second-order valence-corrected chi connectivity index (χ2v) is 25.9. The van der Waals surface area contributed by atoms with Crippen LogP contribution in [0.5, 0.6) is 0 Å². The number of anilines is 1. The molecule has 2 aromatic rings. The Hall–Kier alpha value is -3.79. The van der Waals surface area contributed by atoms with E-state index in [1.807, 2.05) is 20.8 Å². The van der Waals surface area contributed by atoms with E-state index in [1.54, 1.807) is 6.08 Å². The minimum atomic E-state index is -5.61. The monoisotopic (exact) mass is 1170 g/mol. The van der Waals surface area contributed by atoms with Gasteiger partial charge < -0.3 is 60.7 Å². The first-order valence-corrected chi connectivity index (χ1v) is 30.4. The number of rotatable bonds is 28. The zero-order valence-corrected chi connectivity index (χ0v) is 47.2. The molecule has 11 N–H and O–H groups in total. The number of esters is 1. The fourth-order valence-corrected chi connectivity index (χ4v) is 12.2. The van der Waals surface area contributed by atoms with Crippen molar-refractivity contribution in [2.75, 3.05) is 37.8 Å². The standard InChI is InChI=1S/C46H72N7O20P3S/c1-8-45(4,5)44(60)71-31-21-26(2)20-28-13-12-27(3)30(35(28)31)15-14-29(54)10-9-11-34(56)77-19-18-48-33(55)16-17-49-42(59)39(58)46(6,7)23-69-76(66,67)73-75(64,65)68-22-32-38(72-74(61,62)63)37(57)43(70-32)53-25-52-36-40(47)50-24-51-41(36)53/h9,11-13,20,24-27,29-32,35,37-39,43,54,57-58H,8,10,14-19,21-23H2,1-7H3,(H,48,55)(H,49,59)(H,64,65)(H,66,67)(H2,47,50,51)(H2,61,62,63)/b11-9+/t26-,27-,29-,30-,31-,32+,35-,37+,38+,39+,43+/m0/s1. The van der Waals surface area contributed by atoms with Gasteiger partial charge in [-0.3, -0.25) is 37.3 Å². The third-order valence-corrected chi connectivity index (χ3v) is 17.5. The number of aliphatic hydroxyl groups is 3. The van der Waals surface area contributed by atoms with Crippen molar-refractivity contribution in [2.45, 2.75) is 130 Å². The van der Waals surface area contributed by atoms with Crippen LogP contribution in [0.2, 0.25) is 0 Å². The number of hydrogen-bond acceptors (Lipinski definition) is 21. The molecule has 0 radical (unpaired) electrons. The summed E-state index contributed by atoms with van der Waals surface area (Å²) in [5.41, 5.74) is 4.81. The Labute approximate surface area is 449 Å². The van der Waals surface area contributed by atoms with Gasteiger partial charge in [0.25, 0.3) is 0 Å². The van der Waals surface area contributed by atoms with Crippen LogP contribution in [0.3, 0.4) is 0 Å². The maximum Gasteiger partial charge on any atom is 0.481 e. The van der Waals surface area contributed by atoms with Crippen LogP contribution >= 0.6 is 35.2 Å². The van der Waals surface area contributed by atoms with E-state index in [9.17, 15) is 67.8 Å². The minimum Gasteiger partial charge on any atom is -0.461 e. The molecule has 2 unspecified atom stereocenters. The Morgan fingerprint density at radius 3 is 2.40 bits per heavy atom. The Kier molecular flexibility index (Phi) is 22.5. The van der Waals surface area contributed by atoms with Crippen LogP contribution in [0.25, 0.3) is 11.2 Å². The van der Waals surface area contributed by atoms with Gasteiger partial charge in [-0.15, -0.1) is 0 Å². The molecule has 2 aromatic heterocycles. The Balaban J connectivity index is 0.976. The van der Waals surface area contributed by atoms with Crippen molar-refractivity contribution in [3.8, 4) is 0 Å². The maximum absolute atomic E-state index is 13.1. The van der Waals surface area contributed by atoms with Crippen LogP contribution < -0.4 is 16.4 Å². The van der Waals surface area contributed by atoms with Crippen LogP contribution in [0, 0.1) is 34.5 Å². The van der Waals surface area contributed by atoms with Gasteiger partial charge in [0.05, 0.1) is 31.1 Å². The summed E-state index contributed by atoms with van der Waals surface area (Å²) in [5, 5.41) is 37.2. The van der Waals surface area contributed by atoms with E-state index in [-0.39, 0.29) is 89.5 Å². The van der Waals surface area contributed by atoms with E-state index in [4.69, 9.17) is 24.3 Å². The fourth-order valence-electron chi connectivity index (χ4n) is 8.82. The Morgan fingerprint density at radius 1 is 1.01 bits per heavy atom. The Morgan fingerprint density at radius 2 is 1.71 bits per heavy atom. The largest absolute Gasteiger partial charge is 0.481 e. The number of amides is 2. The molecule has 2 amide bonds. The molecular formula is C46H72N7O20P3S. The van der Waals surface area contributed by atoms with Gasteiger partial charge in [0.1, 0.15) is 42.4 Å². The first kappa shape index (κ1) is 64.0. The van der Waals surface area contributed by atoms with Crippen molar-refractivity contribution in [2.24, 2.45) is 34.5 Å². The van der Waals surface area contributed by atoms with Gasteiger partial charge in [0, 0.05) is 36.6 Å². The van der Waals surface area contributed by atoms with Gasteiger partial charge in [-0.2, -0.15) is 4.31 Å². The number of phosphoric acid groups is 3. The SMILES string of the molecule is CCC(C)(C)C(=O)O[C@H]1C[C@@H](C)C=C2C=C[C@H](C)[C@H](CC[C@@H](O)C/C=C/C(=O)SCCNC(=O)CCNC(=O)[C@@H](O)C(C)(C)COP(=O)(O)OP(=O)(O)OC[C@H]3O[C@@H](n4cnc5c(N)ncnc54)[C@H](O)[C@@H]3OP(=O)(O)O)[C@H]21. The van der Waals surface area contributed by atoms with E-state index in [2.05, 4.69) is 66.5 Å². The number of aliphatic hydroxyl groups excluding tert-OH is 3. The average Bonchev–Trinajstić information content (AvgIpc) is 3.90. The van der Waals surface area contributed by atoms with Crippen molar-refractivity contribution in [1.82, 2.24) is 30.2 Å². The first-order chi connectivity index (χ1) is 35.8. The fraction of sp³-hybridized carbons (Fsp3) is 0.674. The topological polar surface area (TPSA) is 410 Å². The van der Waals surface area contributed by atoms with Crippen LogP contribution in [0.4, 0.5) is 5.82 Å². The third kappa shape index (κ3) is 18.4. The van der Waals surface area contributed by atoms with Gasteiger partial charge in [-0.25, -0.2) is 28.6 Å². The van der Waals surface area contributed by atoms with Gasteiger partial charge in [-0.05, 0) is 75.4 Å². The number of nitrogens with zero attached hydrogens (tertiary/aromatic N) is 4. The summed E-state index contributed by atoms with van der Waals surface area (Å²) in [7, 11) is -16.5. The van der Waals surface area contributed by atoms with Crippen LogP contribution in [0.1, 0.15) is 93.2 Å². The van der Waals surface area contributed by atoms with Crippen LogP contribution in [0.15, 0.2) is 48.6 Å². The molecule has 0 aromatic carbocycles. The lowest BCUT2D eigenvalue weighted by Gasteiger charge is -2.43. The number of nitrogens with two attached hydrogens (primary N) is 1. The molecule has 3 aliphatic rings. The van der Waals surface area contributed by atoms with E-state index in [0.29, 0.717) is 19.3 Å². The number of allylic oxidation sites excluding steroid dienone is 3. The minimum absolute atomic E-state index is 0.0207. The van der Waals surface area contributed by atoms with Gasteiger partial charge in [0.15, 0.2) is 17.7 Å². The summed E-state index contributed by atoms with van der Waals surface area (Å²) in [6.07, 6.45) is 4.37. The number of imidazole rings is 1. The Bertz CT molecular complexity index is 2650.